The molecule has 0 spiro atoms. The minimum absolute atomic E-state index is 0.0547. The van der Waals surface area contributed by atoms with E-state index in [2.05, 4.69) is 0 Å². The second kappa shape index (κ2) is 4.91. The molecule has 19 heavy (non-hydrogen) atoms. The van der Waals surface area contributed by atoms with Crippen molar-refractivity contribution in [1.29, 1.82) is 0 Å². The van der Waals surface area contributed by atoms with Crippen molar-refractivity contribution in [3.63, 3.8) is 0 Å². The quantitative estimate of drug-likeness (QED) is 0.646. The van der Waals surface area contributed by atoms with Gasteiger partial charge in [-0.1, -0.05) is 18.2 Å². The Morgan fingerprint density at radius 1 is 1.00 bits per heavy atom. The third-order valence-electron chi connectivity index (χ3n) is 2.76. The smallest absolute Gasteiger partial charge is 0.398 e. The van der Waals surface area contributed by atoms with Gasteiger partial charge >= 0.3 is 6.18 Å². The van der Waals surface area contributed by atoms with E-state index in [4.69, 9.17) is 5.73 Å². The molecule has 0 aliphatic rings. The van der Waals surface area contributed by atoms with Gasteiger partial charge in [-0.3, -0.25) is 0 Å². The normalized spacial score (nSPS) is 11.6. The molecule has 5 heteroatoms. The highest BCUT2D eigenvalue weighted by molar-refractivity contribution is 5.51. The highest BCUT2D eigenvalue weighted by Gasteiger charge is 2.30. The lowest BCUT2D eigenvalue weighted by Gasteiger charge is -2.11. The molecule has 0 atom stereocenters. The summed E-state index contributed by atoms with van der Waals surface area (Å²) in [5, 5.41) is 0. The van der Waals surface area contributed by atoms with Crippen LogP contribution in [0.1, 0.15) is 16.7 Å². The Balaban J connectivity index is 2.27. The van der Waals surface area contributed by atoms with Gasteiger partial charge < -0.3 is 5.73 Å². The number of benzene rings is 2. The van der Waals surface area contributed by atoms with Crippen LogP contribution >= 0.6 is 0 Å². The van der Waals surface area contributed by atoms with Gasteiger partial charge in [0.25, 0.3) is 0 Å². The van der Waals surface area contributed by atoms with Crippen LogP contribution in [-0.2, 0) is 12.6 Å². The van der Waals surface area contributed by atoms with Crippen molar-refractivity contribution in [2.24, 2.45) is 0 Å². The first-order chi connectivity index (χ1) is 8.86. The van der Waals surface area contributed by atoms with Crippen molar-refractivity contribution >= 4 is 5.69 Å². The highest BCUT2D eigenvalue weighted by Crippen LogP contribution is 2.31. The summed E-state index contributed by atoms with van der Waals surface area (Å²) in [6, 6.07) is 9.07. The van der Waals surface area contributed by atoms with Crippen LogP contribution in [0, 0.1) is 5.82 Å². The van der Waals surface area contributed by atoms with Crippen molar-refractivity contribution in [1.82, 2.24) is 0 Å². The van der Waals surface area contributed by atoms with Crippen molar-refractivity contribution in [2.45, 2.75) is 12.6 Å². The Kier molecular flexibility index (Phi) is 3.46. The van der Waals surface area contributed by atoms with E-state index in [9.17, 15) is 17.6 Å². The van der Waals surface area contributed by atoms with Gasteiger partial charge in [-0.05, 0) is 41.8 Å². The molecule has 0 amide bonds. The molecule has 0 aliphatic carbocycles. The van der Waals surface area contributed by atoms with Gasteiger partial charge in [0.05, 0.1) is 5.56 Å². The van der Waals surface area contributed by atoms with Crippen molar-refractivity contribution in [3.8, 4) is 0 Å². The Morgan fingerprint density at radius 3 is 2.32 bits per heavy atom. The second-order valence-corrected chi connectivity index (χ2v) is 4.22. The fraction of sp³-hybridized carbons (Fsp3) is 0.143. The average molecular weight is 269 g/mol. The van der Waals surface area contributed by atoms with Crippen LogP contribution in [0.5, 0.6) is 0 Å². The highest BCUT2D eigenvalue weighted by atomic mass is 19.4. The zero-order valence-corrected chi connectivity index (χ0v) is 9.84. The molecule has 100 valence electrons. The van der Waals surface area contributed by atoms with Crippen LogP contribution in [0.25, 0.3) is 0 Å². The first-order valence-corrected chi connectivity index (χ1v) is 5.56. The van der Waals surface area contributed by atoms with E-state index < -0.39 is 11.7 Å². The molecule has 0 unspecified atom stereocenters. The SMILES string of the molecule is Nc1cc(C(F)(F)F)ccc1Cc1cccc(F)c1. The summed E-state index contributed by atoms with van der Waals surface area (Å²) in [7, 11) is 0. The standard InChI is InChI=1S/C14H11F4N/c15-12-3-1-2-9(7-12)6-10-4-5-11(8-13(10)19)14(16,17)18/h1-5,7-8H,6,19H2. The van der Waals surface area contributed by atoms with Crippen LogP contribution in [0.15, 0.2) is 42.5 Å². The van der Waals surface area contributed by atoms with Crippen LogP contribution < -0.4 is 5.73 Å². The third-order valence-corrected chi connectivity index (χ3v) is 2.76. The van der Waals surface area contributed by atoms with E-state index in [1.165, 1.54) is 18.2 Å². The van der Waals surface area contributed by atoms with Crippen LogP contribution in [-0.4, -0.2) is 0 Å². The van der Waals surface area contributed by atoms with Gasteiger partial charge in [-0.25, -0.2) is 4.39 Å². The fourth-order valence-electron chi connectivity index (χ4n) is 1.80. The predicted molar refractivity (Wildman–Crippen MR) is 65.1 cm³/mol. The molecule has 0 heterocycles. The lowest BCUT2D eigenvalue weighted by atomic mass is 10.0. The van der Waals surface area contributed by atoms with E-state index in [-0.39, 0.29) is 11.5 Å². The molecule has 0 aromatic heterocycles. The van der Waals surface area contributed by atoms with Gasteiger partial charge in [0.1, 0.15) is 5.82 Å². The maximum Gasteiger partial charge on any atom is 0.416 e. The Morgan fingerprint density at radius 2 is 1.74 bits per heavy atom. The summed E-state index contributed by atoms with van der Waals surface area (Å²) in [4.78, 5) is 0. The summed E-state index contributed by atoms with van der Waals surface area (Å²) in [6.07, 6.45) is -4.12. The van der Waals surface area contributed by atoms with Crippen molar-refractivity contribution in [2.75, 3.05) is 5.73 Å². The molecule has 2 rings (SSSR count). The summed E-state index contributed by atoms with van der Waals surface area (Å²) >= 11 is 0. The Labute approximate surface area is 107 Å². The van der Waals surface area contributed by atoms with Gasteiger partial charge in [0.2, 0.25) is 0 Å². The number of nitrogens with two attached hydrogens (primary N) is 1. The molecular weight excluding hydrogens is 258 g/mol. The molecule has 0 fully saturated rings. The zero-order valence-electron chi connectivity index (χ0n) is 9.84. The van der Waals surface area contributed by atoms with Crippen LogP contribution in [0.2, 0.25) is 0 Å². The predicted octanol–water partition coefficient (Wildman–Crippen LogP) is 4.02. The topological polar surface area (TPSA) is 26.0 Å². The second-order valence-electron chi connectivity index (χ2n) is 4.22. The van der Waals surface area contributed by atoms with Gasteiger partial charge in [-0.15, -0.1) is 0 Å². The molecule has 1 nitrogen and oxygen atoms in total. The lowest BCUT2D eigenvalue weighted by Crippen LogP contribution is -2.07. The van der Waals surface area contributed by atoms with E-state index in [1.807, 2.05) is 0 Å². The summed E-state index contributed by atoms with van der Waals surface area (Å²) < 4.78 is 50.4. The summed E-state index contributed by atoms with van der Waals surface area (Å²) in [5.41, 5.74) is 6.08. The molecule has 0 bridgehead atoms. The number of nitrogen functional groups attached to an aromatic ring is 1. The molecule has 0 saturated carbocycles. The zero-order chi connectivity index (χ0) is 14.0. The molecule has 0 aliphatic heterocycles. The molecule has 0 saturated heterocycles. The van der Waals surface area contributed by atoms with E-state index >= 15 is 0 Å². The average Bonchev–Trinajstić information content (AvgIpc) is 2.30. The molecule has 2 N–H and O–H groups in total. The monoisotopic (exact) mass is 269 g/mol. The minimum atomic E-state index is -4.41. The Bertz CT molecular complexity index is 590. The molecule has 2 aromatic rings. The van der Waals surface area contributed by atoms with E-state index in [0.717, 1.165) is 12.1 Å². The summed E-state index contributed by atoms with van der Waals surface area (Å²) in [5.74, 6) is -0.386. The lowest BCUT2D eigenvalue weighted by molar-refractivity contribution is -0.137. The number of hydrogen-bond acceptors (Lipinski definition) is 1. The number of halogens is 4. The Hall–Kier alpha value is -2.04. The van der Waals surface area contributed by atoms with Gasteiger partial charge in [0, 0.05) is 5.69 Å². The van der Waals surface area contributed by atoms with Crippen LogP contribution in [0.4, 0.5) is 23.2 Å². The van der Waals surface area contributed by atoms with Gasteiger partial charge in [0.15, 0.2) is 0 Å². The first kappa shape index (κ1) is 13.4. The largest absolute Gasteiger partial charge is 0.416 e. The maximum atomic E-state index is 13.0. The van der Waals surface area contributed by atoms with Crippen molar-refractivity contribution in [3.05, 3.63) is 65.0 Å². The minimum Gasteiger partial charge on any atom is -0.398 e. The molecular formula is C14H11F4N. The number of anilines is 1. The molecule has 0 radical (unpaired) electrons. The van der Waals surface area contributed by atoms with E-state index in [1.54, 1.807) is 12.1 Å². The van der Waals surface area contributed by atoms with E-state index in [0.29, 0.717) is 17.5 Å². The number of alkyl halides is 3. The fourth-order valence-corrected chi connectivity index (χ4v) is 1.80. The van der Waals surface area contributed by atoms with Crippen molar-refractivity contribution < 1.29 is 17.6 Å². The third kappa shape index (κ3) is 3.24. The first-order valence-electron chi connectivity index (χ1n) is 5.56. The number of rotatable bonds is 2. The maximum absolute atomic E-state index is 13.0. The van der Waals surface area contributed by atoms with Crippen LogP contribution in [0.3, 0.4) is 0 Å². The number of hydrogen-bond donors (Lipinski definition) is 1. The summed E-state index contributed by atoms with van der Waals surface area (Å²) in [6.45, 7) is 0. The molecule has 2 aromatic carbocycles. The van der Waals surface area contributed by atoms with Gasteiger partial charge in [-0.2, -0.15) is 13.2 Å².